The Bertz CT molecular complexity index is 2270. The Balaban J connectivity index is 1.45. The number of ketones is 1. The third-order valence-electron chi connectivity index (χ3n) is 9.77. The van der Waals surface area contributed by atoms with E-state index in [1.54, 1.807) is 84.9 Å². The Morgan fingerprint density at radius 1 is 1.02 bits per heavy atom. The maximum Gasteiger partial charge on any atom is 0.272 e. The molecule has 2 aliphatic carbocycles. The van der Waals surface area contributed by atoms with Crippen LogP contribution in [0.25, 0.3) is 22.6 Å². The highest BCUT2D eigenvalue weighted by Crippen LogP contribution is 2.70. The molecule has 3 aliphatic rings. The number of hydrogen-bond donors (Lipinski definition) is 2. The molecule has 0 bridgehead atoms. The SMILES string of the molecule is COc1nc(Cl)cc2c1[C@]1(O)[C@H](O)[C@H](C(=O)C3=c4cc5ccccc5nc4=CC(F)(F)C3)[C@H](c3ccccc3)[C@]1(c1ccc(Br)cc1)O2. The van der Waals surface area contributed by atoms with E-state index in [-0.39, 0.29) is 38.5 Å². The van der Waals surface area contributed by atoms with Crippen LogP contribution in [0.1, 0.15) is 29.0 Å². The maximum atomic E-state index is 15.5. The van der Waals surface area contributed by atoms with Crippen LogP contribution in [0.3, 0.4) is 0 Å². The summed E-state index contributed by atoms with van der Waals surface area (Å²) in [6.07, 6.45) is -2.03. The first kappa shape index (κ1) is 31.1. The lowest BCUT2D eigenvalue weighted by molar-refractivity contribution is -0.153. The van der Waals surface area contributed by atoms with E-state index in [2.05, 4.69) is 25.9 Å². The number of pyridine rings is 2. The van der Waals surface area contributed by atoms with Crippen LogP contribution in [0.15, 0.2) is 95.5 Å². The highest BCUT2D eigenvalue weighted by molar-refractivity contribution is 9.10. The first-order chi connectivity index (χ1) is 23.0. The highest BCUT2D eigenvalue weighted by Gasteiger charge is 2.78. The van der Waals surface area contributed by atoms with Crippen LogP contribution in [-0.2, 0) is 16.0 Å². The van der Waals surface area contributed by atoms with Crippen molar-refractivity contribution >= 4 is 55.9 Å². The Morgan fingerprint density at radius 3 is 2.46 bits per heavy atom. The van der Waals surface area contributed by atoms with Gasteiger partial charge in [-0.15, -0.1) is 0 Å². The summed E-state index contributed by atoms with van der Waals surface area (Å²) in [6.45, 7) is 0. The molecule has 0 radical (unpaired) electrons. The first-order valence-electron chi connectivity index (χ1n) is 15.2. The average Bonchev–Trinajstić information content (AvgIpc) is 3.44. The summed E-state index contributed by atoms with van der Waals surface area (Å²) >= 11 is 9.81. The van der Waals surface area contributed by atoms with Gasteiger partial charge in [-0.05, 0) is 35.4 Å². The summed E-state index contributed by atoms with van der Waals surface area (Å²) < 4.78 is 44.0. The predicted octanol–water partition coefficient (Wildman–Crippen LogP) is 5.54. The van der Waals surface area contributed by atoms with Crippen molar-refractivity contribution in [3.05, 3.63) is 128 Å². The summed E-state index contributed by atoms with van der Waals surface area (Å²) in [5, 5.41) is 26.6. The van der Waals surface area contributed by atoms with Crippen molar-refractivity contribution in [1.29, 1.82) is 0 Å². The lowest BCUT2D eigenvalue weighted by atomic mass is 9.70. The number of hydrogen-bond acceptors (Lipinski definition) is 7. The van der Waals surface area contributed by atoms with Gasteiger partial charge in [0.1, 0.15) is 17.0 Å². The van der Waals surface area contributed by atoms with Crippen LogP contribution in [0, 0.1) is 5.92 Å². The molecule has 3 aromatic carbocycles. The summed E-state index contributed by atoms with van der Waals surface area (Å²) in [5.74, 6) is -6.73. The van der Waals surface area contributed by atoms with Gasteiger partial charge in [0.05, 0.1) is 29.5 Å². The number of nitrogens with zero attached hydrogens (tertiary/aromatic N) is 2. The van der Waals surface area contributed by atoms with Crippen LogP contribution in [0.2, 0.25) is 5.15 Å². The van der Waals surface area contributed by atoms with E-state index in [1.807, 2.05) is 0 Å². The van der Waals surface area contributed by atoms with Gasteiger partial charge in [0.2, 0.25) is 5.88 Å². The molecule has 0 unspecified atom stereocenters. The molecule has 5 aromatic rings. The predicted molar refractivity (Wildman–Crippen MR) is 178 cm³/mol. The molecule has 0 amide bonds. The molecule has 2 aromatic heterocycles. The van der Waals surface area contributed by atoms with Crippen LogP contribution in [0.5, 0.6) is 11.6 Å². The normalized spacial score (nSPS) is 26.6. The highest BCUT2D eigenvalue weighted by atomic mass is 79.9. The summed E-state index contributed by atoms with van der Waals surface area (Å²) in [6, 6.07) is 25.9. The van der Waals surface area contributed by atoms with Gasteiger partial charge < -0.3 is 19.7 Å². The zero-order chi connectivity index (χ0) is 33.6. The smallest absolute Gasteiger partial charge is 0.272 e. The average molecular weight is 732 g/mol. The molecule has 0 spiro atoms. The lowest BCUT2D eigenvalue weighted by Crippen LogP contribution is -2.52. The molecule has 3 heterocycles. The fraction of sp³-hybridized carbons (Fsp3) is 0.216. The minimum Gasteiger partial charge on any atom is -0.481 e. The minimum absolute atomic E-state index is 0.00131. The molecule has 48 heavy (non-hydrogen) atoms. The van der Waals surface area contributed by atoms with Crippen LogP contribution in [-0.4, -0.2) is 45.1 Å². The molecule has 2 N–H and O–H groups in total. The van der Waals surface area contributed by atoms with Crippen molar-refractivity contribution in [1.82, 2.24) is 9.97 Å². The number of halogens is 4. The summed E-state index contributed by atoms with van der Waals surface area (Å²) in [4.78, 5) is 23.8. The van der Waals surface area contributed by atoms with Crippen molar-refractivity contribution in [3.63, 3.8) is 0 Å². The first-order valence-corrected chi connectivity index (χ1v) is 16.3. The number of para-hydroxylation sites is 1. The summed E-state index contributed by atoms with van der Waals surface area (Å²) in [7, 11) is 1.34. The fourth-order valence-corrected chi connectivity index (χ4v) is 8.33. The molecule has 1 fully saturated rings. The zero-order valence-electron chi connectivity index (χ0n) is 25.2. The number of alkyl halides is 2. The number of benzene rings is 3. The third kappa shape index (κ3) is 4.32. The molecular formula is C37H26BrClF2N2O5. The number of carbonyl (C=O) groups is 1. The van der Waals surface area contributed by atoms with E-state index < -0.39 is 47.3 Å². The van der Waals surface area contributed by atoms with Crippen molar-refractivity contribution in [3.8, 4) is 11.6 Å². The number of aromatic nitrogens is 2. The van der Waals surface area contributed by atoms with Crippen LogP contribution in [0.4, 0.5) is 8.78 Å². The number of ether oxygens (including phenoxy) is 2. The lowest BCUT2D eigenvalue weighted by Gasteiger charge is -2.40. The second kappa shape index (κ2) is 10.9. The Hall–Kier alpha value is -4.22. The van der Waals surface area contributed by atoms with E-state index >= 15 is 13.6 Å². The molecule has 11 heteroatoms. The largest absolute Gasteiger partial charge is 0.481 e. The monoisotopic (exact) mass is 730 g/mol. The number of fused-ring (bicyclic) bond motifs is 5. The van der Waals surface area contributed by atoms with Gasteiger partial charge in [0.25, 0.3) is 5.92 Å². The van der Waals surface area contributed by atoms with E-state index in [0.29, 0.717) is 22.0 Å². The Kier molecular flexibility index (Phi) is 7.05. The molecule has 8 rings (SSSR count). The molecule has 0 saturated heterocycles. The number of Topliss-reactive ketones (excluding diaryl/α,β-unsaturated/α-hetero) is 1. The standard InChI is InChI=1S/C37H26BrClF2N2O5/c1-47-34-31-27(16-28(39)43-34)48-37(21-11-13-22(38)14-12-21)30(19-7-3-2-4-8-19)29(33(45)36(31,37)46)32(44)24-17-35(40,41)18-26-23(24)15-20-9-5-6-10-25(20)42-26/h2-16,18,29-30,33,45-46H,17H2,1H3/t29-,30-,33+,36-,37-/m0/s1. The third-order valence-corrected chi connectivity index (χ3v) is 10.5. The van der Waals surface area contributed by atoms with Gasteiger partial charge in [-0.3, -0.25) is 4.79 Å². The molecule has 1 aliphatic heterocycles. The van der Waals surface area contributed by atoms with Gasteiger partial charge >= 0.3 is 0 Å². The number of aliphatic hydroxyl groups is 2. The number of carbonyl (C=O) groups excluding carboxylic acids is 1. The number of aliphatic hydroxyl groups excluding tert-OH is 1. The van der Waals surface area contributed by atoms with Gasteiger partial charge in [0, 0.05) is 45.1 Å². The Labute approximate surface area is 286 Å². The zero-order valence-corrected chi connectivity index (χ0v) is 27.5. The fourth-order valence-electron chi connectivity index (χ4n) is 7.89. The van der Waals surface area contributed by atoms with E-state index in [0.717, 1.165) is 10.5 Å². The van der Waals surface area contributed by atoms with Crippen molar-refractivity contribution in [2.45, 2.75) is 35.6 Å². The molecule has 1 saturated carbocycles. The van der Waals surface area contributed by atoms with Crippen molar-refractivity contribution in [2.24, 2.45) is 5.92 Å². The minimum atomic E-state index is -3.40. The quantitative estimate of drug-likeness (QED) is 0.229. The number of rotatable bonds is 5. The Morgan fingerprint density at radius 2 is 1.73 bits per heavy atom. The molecular weight excluding hydrogens is 706 g/mol. The van der Waals surface area contributed by atoms with Gasteiger partial charge in [-0.25, -0.2) is 18.7 Å². The topological polar surface area (TPSA) is 102 Å². The molecule has 7 nitrogen and oxygen atoms in total. The van der Waals surface area contributed by atoms with E-state index in [1.165, 1.54) is 13.2 Å². The van der Waals surface area contributed by atoms with E-state index in [4.69, 9.17) is 21.1 Å². The second-order valence-electron chi connectivity index (χ2n) is 12.3. The van der Waals surface area contributed by atoms with E-state index in [9.17, 15) is 10.2 Å². The second-order valence-corrected chi connectivity index (χ2v) is 13.6. The van der Waals surface area contributed by atoms with Gasteiger partial charge in [0.15, 0.2) is 17.0 Å². The van der Waals surface area contributed by atoms with Gasteiger partial charge in [-0.2, -0.15) is 0 Å². The molecule has 242 valence electrons. The number of methoxy groups -OCH3 is 1. The maximum absolute atomic E-state index is 15.5. The van der Waals surface area contributed by atoms with Crippen LogP contribution >= 0.6 is 27.5 Å². The van der Waals surface area contributed by atoms with Gasteiger partial charge in [-0.1, -0.05) is 88.2 Å². The summed E-state index contributed by atoms with van der Waals surface area (Å²) in [5.41, 5.74) is -2.98. The van der Waals surface area contributed by atoms with Crippen molar-refractivity contribution in [2.75, 3.05) is 7.11 Å². The van der Waals surface area contributed by atoms with Crippen LogP contribution < -0.4 is 20.0 Å². The van der Waals surface area contributed by atoms with Crippen molar-refractivity contribution < 1.29 is 33.3 Å². The molecule has 5 atom stereocenters.